The molecule has 1 N–H and O–H groups in total. The van der Waals surface area contributed by atoms with Crippen molar-refractivity contribution in [2.24, 2.45) is 14.1 Å². The molecular weight excluding hydrogens is 416 g/mol. The molecule has 0 saturated heterocycles. The van der Waals surface area contributed by atoms with Crippen molar-refractivity contribution in [1.29, 1.82) is 0 Å². The van der Waals surface area contributed by atoms with E-state index in [1.807, 2.05) is 0 Å². The first-order valence-corrected chi connectivity index (χ1v) is 9.79. The minimum atomic E-state index is -0.420. The van der Waals surface area contributed by atoms with Gasteiger partial charge < -0.3 is 4.52 Å². The van der Waals surface area contributed by atoms with Crippen LogP contribution < -0.4 is 16.6 Å². The molecule has 4 aromatic rings. The fourth-order valence-corrected chi connectivity index (χ4v) is 4.15. The van der Waals surface area contributed by atoms with E-state index in [1.165, 1.54) is 23.0 Å². The first-order chi connectivity index (χ1) is 13.8. The number of rotatable bonds is 4. The molecule has 10 heteroatoms. The Bertz CT molecular complexity index is 1350. The predicted molar refractivity (Wildman–Crippen MR) is 112 cm³/mol. The van der Waals surface area contributed by atoms with Gasteiger partial charge in [-0.25, -0.2) is 4.79 Å². The first-order valence-electron chi connectivity index (χ1n) is 8.53. The summed E-state index contributed by atoms with van der Waals surface area (Å²) in [6.45, 7) is 0. The second kappa shape index (κ2) is 7.34. The van der Waals surface area contributed by atoms with Crippen LogP contribution in [0.5, 0.6) is 0 Å². The third kappa shape index (κ3) is 3.50. The van der Waals surface area contributed by atoms with Gasteiger partial charge in [-0.1, -0.05) is 28.9 Å². The van der Waals surface area contributed by atoms with Crippen LogP contribution in [0.3, 0.4) is 0 Å². The van der Waals surface area contributed by atoms with E-state index in [2.05, 4.69) is 10.5 Å². The highest BCUT2D eigenvalue weighted by molar-refractivity contribution is 7.17. The van der Waals surface area contributed by atoms with Crippen molar-refractivity contribution in [2.75, 3.05) is 5.32 Å². The minimum absolute atomic E-state index is 0.0373. The molecule has 0 spiro atoms. The Kier molecular flexibility index (Phi) is 4.85. The standard InChI is InChI=1S/C19H15ClN4O4S/c1-23-17(26)16-11(9-29-18(16)24(2)19(23)27)7-14(25)21-15-8-13(22-28-15)10-3-5-12(20)6-4-10/h3-6,8-9H,7H2,1-2H3,(H,21,25). The monoisotopic (exact) mass is 430 g/mol. The SMILES string of the molecule is Cn1c(=O)c2c(CC(=O)Nc3cc(-c4ccc(Cl)cc4)no3)csc2n(C)c1=O. The number of hydrogen-bond donors (Lipinski definition) is 1. The van der Waals surface area contributed by atoms with Gasteiger partial charge >= 0.3 is 5.69 Å². The summed E-state index contributed by atoms with van der Waals surface area (Å²) in [5.41, 5.74) is 1.08. The van der Waals surface area contributed by atoms with Crippen LogP contribution in [0.2, 0.25) is 5.02 Å². The quantitative estimate of drug-likeness (QED) is 0.536. The molecule has 29 heavy (non-hydrogen) atoms. The number of aryl methyl sites for hydroxylation is 1. The topological polar surface area (TPSA) is 99.1 Å². The van der Waals surface area contributed by atoms with Crippen LogP contribution in [0.15, 0.2) is 49.8 Å². The third-order valence-electron chi connectivity index (χ3n) is 4.51. The second-order valence-corrected chi connectivity index (χ2v) is 7.75. The van der Waals surface area contributed by atoms with Crippen molar-refractivity contribution in [1.82, 2.24) is 14.3 Å². The molecular formula is C19H15ClN4O4S. The number of nitrogens with zero attached hydrogens (tertiary/aromatic N) is 3. The highest BCUT2D eigenvalue weighted by Crippen LogP contribution is 2.25. The molecule has 0 saturated carbocycles. The number of aromatic nitrogens is 3. The van der Waals surface area contributed by atoms with Crippen molar-refractivity contribution in [3.63, 3.8) is 0 Å². The Labute approximate surface area is 172 Å². The van der Waals surface area contributed by atoms with Crippen LogP contribution in [0, 0.1) is 0 Å². The zero-order chi connectivity index (χ0) is 20.7. The lowest BCUT2D eigenvalue weighted by Crippen LogP contribution is -2.36. The Morgan fingerprint density at radius 1 is 1.21 bits per heavy atom. The first kappa shape index (κ1) is 19.2. The molecule has 0 bridgehead atoms. The zero-order valence-electron chi connectivity index (χ0n) is 15.4. The average molecular weight is 431 g/mol. The number of amides is 1. The molecule has 0 aliphatic heterocycles. The van der Waals surface area contributed by atoms with Crippen LogP contribution in [-0.4, -0.2) is 20.2 Å². The molecule has 0 radical (unpaired) electrons. The molecule has 3 heterocycles. The van der Waals surface area contributed by atoms with Crippen LogP contribution in [-0.2, 0) is 25.3 Å². The number of benzene rings is 1. The van der Waals surface area contributed by atoms with Gasteiger partial charge in [0, 0.05) is 30.7 Å². The maximum Gasteiger partial charge on any atom is 0.331 e. The number of hydrogen-bond acceptors (Lipinski definition) is 6. The van der Waals surface area contributed by atoms with E-state index in [1.54, 1.807) is 42.8 Å². The van der Waals surface area contributed by atoms with Gasteiger partial charge in [0.05, 0.1) is 11.8 Å². The van der Waals surface area contributed by atoms with Crippen molar-refractivity contribution >= 4 is 44.9 Å². The van der Waals surface area contributed by atoms with Crippen molar-refractivity contribution < 1.29 is 9.32 Å². The highest BCUT2D eigenvalue weighted by atomic mass is 35.5. The lowest BCUT2D eigenvalue weighted by Gasteiger charge is -2.05. The van der Waals surface area contributed by atoms with E-state index < -0.39 is 11.2 Å². The Morgan fingerprint density at radius 2 is 1.93 bits per heavy atom. The van der Waals surface area contributed by atoms with Gasteiger partial charge in [-0.05, 0) is 23.1 Å². The van der Waals surface area contributed by atoms with Crippen LogP contribution in [0.25, 0.3) is 21.5 Å². The summed E-state index contributed by atoms with van der Waals surface area (Å²) in [6, 6.07) is 8.67. The molecule has 0 aliphatic carbocycles. The van der Waals surface area contributed by atoms with Gasteiger partial charge in [-0.3, -0.25) is 24.0 Å². The van der Waals surface area contributed by atoms with Gasteiger partial charge in [-0.2, -0.15) is 0 Å². The van der Waals surface area contributed by atoms with Crippen molar-refractivity contribution in [2.45, 2.75) is 6.42 Å². The van der Waals surface area contributed by atoms with Crippen LogP contribution in [0.4, 0.5) is 5.88 Å². The summed E-state index contributed by atoms with van der Waals surface area (Å²) in [6.07, 6.45) is -0.0373. The van der Waals surface area contributed by atoms with E-state index >= 15 is 0 Å². The number of nitrogens with one attached hydrogen (secondary N) is 1. The summed E-state index contributed by atoms with van der Waals surface area (Å²) in [5, 5.41) is 9.27. The minimum Gasteiger partial charge on any atom is -0.338 e. The summed E-state index contributed by atoms with van der Waals surface area (Å²) in [7, 11) is 3.01. The number of fused-ring (bicyclic) bond motifs is 1. The maximum absolute atomic E-state index is 12.5. The molecule has 4 rings (SSSR count). The van der Waals surface area contributed by atoms with E-state index in [4.69, 9.17) is 16.1 Å². The molecule has 8 nitrogen and oxygen atoms in total. The molecule has 3 aromatic heterocycles. The predicted octanol–water partition coefficient (Wildman–Crippen LogP) is 2.79. The van der Waals surface area contributed by atoms with E-state index in [-0.39, 0.29) is 18.2 Å². The fourth-order valence-electron chi connectivity index (χ4n) is 3.00. The molecule has 0 aliphatic rings. The maximum atomic E-state index is 12.5. The van der Waals surface area contributed by atoms with E-state index in [0.29, 0.717) is 26.5 Å². The van der Waals surface area contributed by atoms with Crippen LogP contribution in [0.1, 0.15) is 5.56 Å². The number of carbonyl (C=O) groups excluding carboxylic acids is 1. The third-order valence-corrected chi connectivity index (χ3v) is 5.86. The molecule has 148 valence electrons. The lowest BCUT2D eigenvalue weighted by atomic mass is 10.1. The lowest BCUT2D eigenvalue weighted by molar-refractivity contribution is -0.115. The highest BCUT2D eigenvalue weighted by Gasteiger charge is 2.18. The Hall–Kier alpha value is -3.17. The zero-order valence-corrected chi connectivity index (χ0v) is 17.0. The summed E-state index contributed by atoms with van der Waals surface area (Å²) in [4.78, 5) is 37.5. The largest absolute Gasteiger partial charge is 0.338 e. The van der Waals surface area contributed by atoms with E-state index in [9.17, 15) is 14.4 Å². The Balaban J connectivity index is 1.56. The number of carbonyl (C=O) groups is 1. The van der Waals surface area contributed by atoms with Gasteiger partial charge in [0.1, 0.15) is 10.5 Å². The summed E-state index contributed by atoms with van der Waals surface area (Å²) in [5.74, 6) is -0.167. The summed E-state index contributed by atoms with van der Waals surface area (Å²) < 4.78 is 7.61. The normalized spacial score (nSPS) is 11.1. The van der Waals surface area contributed by atoms with Gasteiger partial charge in [0.15, 0.2) is 0 Å². The Morgan fingerprint density at radius 3 is 2.66 bits per heavy atom. The second-order valence-electron chi connectivity index (χ2n) is 6.46. The molecule has 0 fully saturated rings. The smallest absolute Gasteiger partial charge is 0.331 e. The van der Waals surface area contributed by atoms with Gasteiger partial charge in [0.25, 0.3) is 5.56 Å². The number of anilines is 1. The molecule has 1 amide bonds. The van der Waals surface area contributed by atoms with Gasteiger partial charge in [0.2, 0.25) is 11.8 Å². The van der Waals surface area contributed by atoms with Crippen LogP contribution >= 0.6 is 22.9 Å². The van der Waals surface area contributed by atoms with Crippen molar-refractivity contribution in [3.05, 3.63) is 67.1 Å². The summed E-state index contributed by atoms with van der Waals surface area (Å²) >= 11 is 7.13. The average Bonchev–Trinajstić information content (AvgIpc) is 3.32. The van der Waals surface area contributed by atoms with Crippen molar-refractivity contribution in [3.8, 4) is 11.3 Å². The fraction of sp³-hybridized carbons (Fsp3) is 0.158. The molecule has 1 aromatic carbocycles. The molecule has 0 atom stereocenters. The van der Waals surface area contributed by atoms with Gasteiger partial charge in [-0.15, -0.1) is 11.3 Å². The number of halogens is 1. The van der Waals surface area contributed by atoms with E-state index in [0.717, 1.165) is 10.1 Å². The number of thiophene rings is 1. The molecule has 0 unspecified atom stereocenters.